The van der Waals surface area contributed by atoms with Crippen LogP contribution in [0.15, 0.2) is 71.8 Å². The molecule has 3 rings (SSSR count). The van der Waals surface area contributed by atoms with Crippen LogP contribution in [0, 0.1) is 0 Å². The maximum Gasteiger partial charge on any atom is 0.329 e. The van der Waals surface area contributed by atoms with Crippen molar-refractivity contribution in [2.24, 2.45) is 5.10 Å². The predicted octanol–water partition coefficient (Wildman–Crippen LogP) is 3.76. The van der Waals surface area contributed by atoms with Crippen LogP contribution in [0.3, 0.4) is 0 Å². The number of carbonyl (C=O) groups excluding carboxylic acids is 3. The third-order valence-electron chi connectivity index (χ3n) is 5.21. The number of carbonyl (C=O) groups is 3. The van der Waals surface area contributed by atoms with Gasteiger partial charge in [0.05, 0.1) is 19.9 Å². The Morgan fingerprint density at radius 3 is 2.16 bits per heavy atom. The Labute approximate surface area is 221 Å². The van der Waals surface area contributed by atoms with Gasteiger partial charge in [0.1, 0.15) is 5.75 Å². The molecule has 3 N–H and O–H groups in total. The molecule has 10 nitrogen and oxygen atoms in total. The van der Waals surface area contributed by atoms with Crippen LogP contribution in [0.5, 0.6) is 17.2 Å². The van der Waals surface area contributed by atoms with Crippen molar-refractivity contribution in [2.75, 3.05) is 31.0 Å². The average Bonchev–Trinajstić information content (AvgIpc) is 2.93. The molecule has 0 spiro atoms. The molecule has 198 valence electrons. The predicted molar refractivity (Wildman–Crippen MR) is 145 cm³/mol. The topological polar surface area (TPSA) is 127 Å². The Bertz CT molecular complexity index is 1270. The second-order valence-electron chi connectivity index (χ2n) is 7.91. The lowest BCUT2D eigenvalue weighted by atomic mass is 10.1. The summed E-state index contributed by atoms with van der Waals surface area (Å²) in [6.45, 7) is 4.05. The molecule has 0 saturated carbocycles. The molecule has 0 saturated heterocycles. The Kier molecular flexibility index (Phi) is 10.2. The number of hydrazone groups is 1. The van der Waals surface area contributed by atoms with Gasteiger partial charge in [-0.3, -0.25) is 14.4 Å². The number of nitrogens with zero attached hydrogens (tertiary/aromatic N) is 1. The van der Waals surface area contributed by atoms with Gasteiger partial charge >= 0.3 is 11.8 Å². The van der Waals surface area contributed by atoms with Crippen molar-refractivity contribution in [3.63, 3.8) is 0 Å². The third-order valence-corrected chi connectivity index (χ3v) is 5.21. The smallest absolute Gasteiger partial charge is 0.329 e. The van der Waals surface area contributed by atoms with Crippen LogP contribution >= 0.6 is 0 Å². The van der Waals surface area contributed by atoms with E-state index < -0.39 is 11.8 Å². The summed E-state index contributed by atoms with van der Waals surface area (Å²) in [5.41, 5.74) is 5.07. The minimum Gasteiger partial charge on any atom is -0.497 e. The van der Waals surface area contributed by atoms with E-state index in [1.54, 1.807) is 42.5 Å². The lowest BCUT2D eigenvalue weighted by Crippen LogP contribution is -2.32. The first-order valence-electron chi connectivity index (χ1n) is 12.0. The van der Waals surface area contributed by atoms with E-state index in [4.69, 9.17) is 14.2 Å². The van der Waals surface area contributed by atoms with Gasteiger partial charge in [0.25, 0.3) is 5.91 Å². The van der Waals surface area contributed by atoms with Crippen LogP contribution < -0.4 is 30.3 Å². The van der Waals surface area contributed by atoms with Crippen LogP contribution in [-0.4, -0.2) is 44.3 Å². The van der Waals surface area contributed by atoms with E-state index in [1.165, 1.54) is 18.9 Å². The molecule has 3 aromatic rings. The molecule has 3 amide bonds. The molecule has 0 unspecified atom stereocenters. The summed E-state index contributed by atoms with van der Waals surface area (Å²) in [6, 6.07) is 19.1. The summed E-state index contributed by atoms with van der Waals surface area (Å²) < 4.78 is 16.3. The highest BCUT2D eigenvalue weighted by Crippen LogP contribution is 2.28. The van der Waals surface area contributed by atoms with E-state index in [2.05, 4.69) is 28.1 Å². The van der Waals surface area contributed by atoms with Gasteiger partial charge in [-0.1, -0.05) is 19.1 Å². The third kappa shape index (κ3) is 8.37. The summed E-state index contributed by atoms with van der Waals surface area (Å²) in [5, 5.41) is 9.09. The minimum atomic E-state index is -0.933. The van der Waals surface area contributed by atoms with Crippen LogP contribution in [0.4, 0.5) is 11.4 Å². The highest BCUT2D eigenvalue weighted by atomic mass is 16.5. The minimum absolute atomic E-state index is 0.206. The first kappa shape index (κ1) is 27.7. The van der Waals surface area contributed by atoms with Gasteiger partial charge in [0.2, 0.25) is 0 Å². The van der Waals surface area contributed by atoms with E-state index in [-0.39, 0.29) is 12.5 Å². The van der Waals surface area contributed by atoms with Crippen molar-refractivity contribution in [1.82, 2.24) is 5.43 Å². The van der Waals surface area contributed by atoms with Gasteiger partial charge in [-0.25, -0.2) is 5.43 Å². The Balaban J connectivity index is 1.53. The number of benzene rings is 3. The van der Waals surface area contributed by atoms with E-state index in [0.717, 1.165) is 6.42 Å². The maximum absolute atomic E-state index is 12.3. The van der Waals surface area contributed by atoms with E-state index in [9.17, 15) is 14.4 Å². The van der Waals surface area contributed by atoms with Crippen molar-refractivity contribution in [3.05, 3.63) is 77.9 Å². The monoisotopic (exact) mass is 518 g/mol. The van der Waals surface area contributed by atoms with Gasteiger partial charge in [0.15, 0.2) is 18.1 Å². The number of rotatable bonds is 11. The second-order valence-corrected chi connectivity index (χ2v) is 7.91. The van der Waals surface area contributed by atoms with Crippen LogP contribution in [0.2, 0.25) is 0 Å². The molecular formula is C28H30N4O6. The summed E-state index contributed by atoms with van der Waals surface area (Å²) in [4.78, 5) is 36.4. The second kappa shape index (κ2) is 14.0. The van der Waals surface area contributed by atoms with Crippen molar-refractivity contribution in [3.8, 4) is 17.2 Å². The highest BCUT2D eigenvalue weighted by molar-refractivity contribution is 6.39. The largest absolute Gasteiger partial charge is 0.497 e. The fourth-order valence-corrected chi connectivity index (χ4v) is 3.24. The van der Waals surface area contributed by atoms with Crippen LogP contribution in [0.25, 0.3) is 0 Å². The number of amides is 3. The average molecular weight is 519 g/mol. The number of anilines is 2. The molecule has 0 heterocycles. The molecule has 0 aromatic heterocycles. The first-order chi connectivity index (χ1) is 18.4. The zero-order chi connectivity index (χ0) is 27.3. The van der Waals surface area contributed by atoms with Crippen LogP contribution in [0.1, 0.15) is 25.0 Å². The quantitative estimate of drug-likeness (QED) is 0.202. The Hall–Kier alpha value is -4.86. The molecule has 3 aromatic carbocycles. The molecule has 0 bridgehead atoms. The lowest BCUT2D eigenvalue weighted by molar-refractivity contribution is -0.136. The number of nitrogens with one attached hydrogen (secondary N) is 3. The first-order valence-corrected chi connectivity index (χ1v) is 12.0. The number of aryl methyl sites for hydroxylation is 1. The van der Waals surface area contributed by atoms with Crippen molar-refractivity contribution in [1.29, 1.82) is 0 Å². The summed E-state index contributed by atoms with van der Waals surface area (Å²) in [6.07, 6.45) is 2.28. The molecular weight excluding hydrogens is 488 g/mol. The standard InChI is InChI=1S/C28H30N4O6/c1-4-19-6-9-21(10-7-19)30-26(33)18-38-24-15-8-20(16-25(24)37-5-2)17-29-32-28(35)27(34)31-22-11-13-23(36-3)14-12-22/h6-17H,4-5,18H2,1-3H3,(H,30,33)(H,31,34)(H,32,35)/b29-17-. The van der Waals surface area contributed by atoms with Crippen molar-refractivity contribution in [2.45, 2.75) is 20.3 Å². The SMILES string of the molecule is CCOc1cc(/C=N\NC(=O)C(=O)Nc2ccc(OC)cc2)ccc1OCC(=O)Nc1ccc(CC)cc1. The fourth-order valence-electron chi connectivity index (χ4n) is 3.24. The van der Waals surface area contributed by atoms with Gasteiger partial charge in [-0.05, 0) is 79.1 Å². The van der Waals surface area contributed by atoms with E-state index >= 15 is 0 Å². The number of hydrogen-bond donors (Lipinski definition) is 3. The van der Waals surface area contributed by atoms with E-state index in [1.807, 2.05) is 31.2 Å². The molecule has 0 aliphatic carbocycles. The summed E-state index contributed by atoms with van der Waals surface area (Å²) in [7, 11) is 1.53. The zero-order valence-electron chi connectivity index (χ0n) is 21.4. The van der Waals surface area contributed by atoms with Crippen molar-refractivity contribution >= 4 is 35.3 Å². The lowest BCUT2D eigenvalue weighted by Gasteiger charge is -2.13. The van der Waals surface area contributed by atoms with Gasteiger partial charge < -0.3 is 24.8 Å². The fraction of sp³-hybridized carbons (Fsp3) is 0.214. The molecule has 0 fully saturated rings. The highest BCUT2D eigenvalue weighted by Gasteiger charge is 2.13. The Morgan fingerprint density at radius 2 is 1.50 bits per heavy atom. The molecule has 0 aliphatic rings. The summed E-state index contributed by atoms with van der Waals surface area (Å²) >= 11 is 0. The molecule has 0 aliphatic heterocycles. The molecule has 0 radical (unpaired) electrons. The normalized spacial score (nSPS) is 10.5. The molecule has 38 heavy (non-hydrogen) atoms. The Morgan fingerprint density at radius 1 is 0.816 bits per heavy atom. The van der Waals surface area contributed by atoms with Crippen LogP contribution in [-0.2, 0) is 20.8 Å². The van der Waals surface area contributed by atoms with E-state index in [0.29, 0.717) is 40.8 Å². The maximum atomic E-state index is 12.3. The van der Waals surface area contributed by atoms with Crippen molar-refractivity contribution < 1.29 is 28.6 Å². The number of methoxy groups -OCH3 is 1. The number of hydrogen-bond acceptors (Lipinski definition) is 7. The van der Waals surface area contributed by atoms with Gasteiger partial charge in [-0.15, -0.1) is 0 Å². The van der Waals surface area contributed by atoms with Gasteiger partial charge in [0, 0.05) is 11.4 Å². The zero-order valence-corrected chi connectivity index (χ0v) is 21.4. The molecule has 0 atom stereocenters. The number of ether oxygens (including phenoxy) is 3. The molecule has 10 heteroatoms. The summed E-state index contributed by atoms with van der Waals surface area (Å²) in [5.74, 6) is -0.703. The van der Waals surface area contributed by atoms with Gasteiger partial charge in [-0.2, -0.15) is 5.10 Å².